The summed E-state index contributed by atoms with van der Waals surface area (Å²) in [4.78, 5) is 28.5. The van der Waals surface area contributed by atoms with Crippen molar-refractivity contribution in [1.29, 1.82) is 0 Å². The fourth-order valence-corrected chi connectivity index (χ4v) is 4.31. The van der Waals surface area contributed by atoms with Gasteiger partial charge in [-0.2, -0.15) is 5.10 Å². The quantitative estimate of drug-likeness (QED) is 0.850. The molecule has 0 bridgehead atoms. The summed E-state index contributed by atoms with van der Waals surface area (Å²) in [6.07, 6.45) is 6.47. The number of aromatic nitrogens is 2. The van der Waals surface area contributed by atoms with Gasteiger partial charge in [0.25, 0.3) is 5.56 Å². The van der Waals surface area contributed by atoms with Crippen LogP contribution < -0.4 is 20.7 Å². The fraction of sp³-hybridized carbons (Fsp3) is 0.476. The molecule has 1 aromatic heterocycles. The van der Waals surface area contributed by atoms with Gasteiger partial charge in [-0.3, -0.25) is 9.59 Å². The van der Waals surface area contributed by atoms with Crippen LogP contribution in [-0.4, -0.2) is 42.8 Å². The standard InChI is InChI=1S/C21H27N5O2/c1-25-8-3-5-16-6-7-17(11-19(16)25)23-20(27)10-15-4-2-9-26(14-15)18-12-21(28)24-22-13-18/h6-7,11-13,15H,2-5,8-10,14H2,1H3,(H,23,27)(H,24,28). The van der Waals surface area contributed by atoms with Crippen LogP contribution in [0, 0.1) is 5.92 Å². The molecule has 1 aromatic carbocycles. The molecular weight excluding hydrogens is 354 g/mol. The maximum atomic E-state index is 12.6. The maximum absolute atomic E-state index is 12.6. The topological polar surface area (TPSA) is 81.3 Å². The molecule has 1 saturated heterocycles. The lowest BCUT2D eigenvalue weighted by molar-refractivity contribution is -0.117. The Balaban J connectivity index is 1.37. The third-order valence-corrected chi connectivity index (χ3v) is 5.73. The van der Waals surface area contributed by atoms with E-state index in [-0.39, 0.29) is 17.4 Å². The SMILES string of the molecule is CN1CCCc2ccc(NC(=O)CC3CCCN(c4cn[nH]c(=O)c4)C3)cc21. The first-order chi connectivity index (χ1) is 13.6. The number of benzene rings is 1. The molecule has 148 valence electrons. The molecule has 0 spiro atoms. The monoisotopic (exact) mass is 381 g/mol. The number of rotatable bonds is 4. The van der Waals surface area contributed by atoms with Gasteiger partial charge in [-0.15, -0.1) is 0 Å². The Bertz CT molecular complexity index is 910. The molecule has 0 aliphatic carbocycles. The maximum Gasteiger partial charge on any atom is 0.266 e. The number of hydrogen-bond acceptors (Lipinski definition) is 5. The number of carbonyl (C=O) groups is 1. The third-order valence-electron chi connectivity index (χ3n) is 5.73. The van der Waals surface area contributed by atoms with Crippen LogP contribution in [0.15, 0.2) is 35.3 Å². The zero-order valence-corrected chi connectivity index (χ0v) is 16.3. The molecule has 1 unspecified atom stereocenters. The summed E-state index contributed by atoms with van der Waals surface area (Å²) in [6.45, 7) is 2.71. The van der Waals surface area contributed by atoms with Gasteiger partial charge in [0.15, 0.2) is 0 Å². The molecular formula is C21H27N5O2. The lowest BCUT2D eigenvalue weighted by Crippen LogP contribution is -2.37. The predicted octanol–water partition coefficient (Wildman–Crippen LogP) is 2.40. The van der Waals surface area contributed by atoms with E-state index < -0.39 is 0 Å². The van der Waals surface area contributed by atoms with Crippen molar-refractivity contribution in [2.24, 2.45) is 5.92 Å². The molecule has 0 saturated carbocycles. The van der Waals surface area contributed by atoms with Gasteiger partial charge in [0.05, 0.1) is 11.9 Å². The number of piperidine rings is 1. The minimum Gasteiger partial charge on any atom is -0.374 e. The zero-order valence-electron chi connectivity index (χ0n) is 16.3. The smallest absolute Gasteiger partial charge is 0.266 e. The molecule has 2 N–H and O–H groups in total. The number of hydrogen-bond donors (Lipinski definition) is 2. The van der Waals surface area contributed by atoms with Gasteiger partial charge >= 0.3 is 0 Å². The highest BCUT2D eigenvalue weighted by molar-refractivity contribution is 5.91. The number of nitrogens with zero attached hydrogens (tertiary/aromatic N) is 3. The summed E-state index contributed by atoms with van der Waals surface area (Å²) >= 11 is 0. The first kappa shape index (κ1) is 18.5. The average Bonchev–Trinajstić information content (AvgIpc) is 2.69. The van der Waals surface area contributed by atoms with E-state index in [4.69, 9.17) is 0 Å². The van der Waals surface area contributed by atoms with Crippen LogP contribution >= 0.6 is 0 Å². The fourth-order valence-electron chi connectivity index (χ4n) is 4.31. The van der Waals surface area contributed by atoms with Gasteiger partial charge in [-0.05, 0) is 49.3 Å². The van der Waals surface area contributed by atoms with E-state index in [9.17, 15) is 9.59 Å². The molecule has 7 nitrogen and oxygen atoms in total. The second kappa shape index (κ2) is 8.04. The highest BCUT2D eigenvalue weighted by Crippen LogP contribution is 2.29. The van der Waals surface area contributed by atoms with Crippen molar-refractivity contribution in [2.45, 2.75) is 32.1 Å². The van der Waals surface area contributed by atoms with Crippen LogP contribution in [0.2, 0.25) is 0 Å². The molecule has 1 amide bonds. The second-order valence-corrected chi connectivity index (χ2v) is 7.88. The molecule has 2 aliphatic heterocycles. The highest BCUT2D eigenvalue weighted by Gasteiger charge is 2.23. The Morgan fingerprint density at radius 2 is 2.18 bits per heavy atom. The summed E-state index contributed by atoms with van der Waals surface area (Å²) in [7, 11) is 2.10. The van der Waals surface area contributed by atoms with E-state index >= 15 is 0 Å². The number of fused-ring (bicyclic) bond motifs is 1. The molecule has 1 atom stereocenters. The number of amides is 1. The third kappa shape index (κ3) is 4.18. The molecule has 3 heterocycles. The van der Waals surface area contributed by atoms with Crippen LogP contribution in [0.3, 0.4) is 0 Å². The van der Waals surface area contributed by atoms with Crippen LogP contribution in [0.4, 0.5) is 17.1 Å². The molecule has 7 heteroatoms. The van der Waals surface area contributed by atoms with Crippen LogP contribution in [0.5, 0.6) is 0 Å². The van der Waals surface area contributed by atoms with Crippen molar-refractivity contribution in [3.63, 3.8) is 0 Å². The summed E-state index contributed by atoms with van der Waals surface area (Å²) in [6, 6.07) is 7.79. The minimum atomic E-state index is -0.199. The van der Waals surface area contributed by atoms with Crippen molar-refractivity contribution in [3.05, 3.63) is 46.4 Å². The number of anilines is 3. The van der Waals surface area contributed by atoms with Crippen LogP contribution in [0.25, 0.3) is 0 Å². The highest BCUT2D eigenvalue weighted by atomic mass is 16.1. The predicted molar refractivity (Wildman–Crippen MR) is 111 cm³/mol. The van der Waals surface area contributed by atoms with Gasteiger partial charge in [-0.25, -0.2) is 5.10 Å². The number of aryl methyl sites for hydroxylation is 1. The first-order valence-electron chi connectivity index (χ1n) is 10.0. The van der Waals surface area contributed by atoms with Gasteiger partial charge in [0.2, 0.25) is 5.91 Å². The first-order valence-corrected chi connectivity index (χ1v) is 10.0. The van der Waals surface area contributed by atoms with Crippen LogP contribution in [0.1, 0.15) is 31.2 Å². The lowest BCUT2D eigenvalue weighted by Gasteiger charge is -2.33. The minimum absolute atomic E-state index is 0.0503. The van der Waals surface area contributed by atoms with Crippen molar-refractivity contribution >= 4 is 23.0 Å². The van der Waals surface area contributed by atoms with Crippen molar-refractivity contribution < 1.29 is 4.79 Å². The largest absolute Gasteiger partial charge is 0.374 e. The van der Waals surface area contributed by atoms with E-state index in [2.05, 4.69) is 44.5 Å². The van der Waals surface area contributed by atoms with Gasteiger partial charge in [-0.1, -0.05) is 6.07 Å². The lowest BCUT2D eigenvalue weighted by atomic mass is 9.94. The molecule has 0 radical (unpaired) electrons. The second-order valence-electron chi connectivity index (χ2n) is 7.88. The molecule has 2 aliphatic rings. The van der Waals surface area contributed by atoms with Crippen molar-refractivity contribution in [2.75, 3.05) is 41.8 Å². The van der Waals surface area contributed by atoms with Gasteiger partial charge < -0.3 is 15.1 Å². The van der Waals surface area contributed by atoms with Crippen molar-refractivity contribution in [3.8, 4) is 0 Å². The Hall–Kier alpha value is -2.83. The van der Waals surface area contributed by atoms with Crippen LogP contribution in [-0.2, 0) is 11.2 Å². The van der Waals surface area contributed by atoms with E-state index in [0.717, 1.165) is 50.3 Å². The van der Waals surface area contributed by atoms with E-state index in [0.29, 0.717) is 6.42 Å². The molecule has 28 heavy (non-hydrogen) atoms. The number of H-pyrrole nitrogens is 1. The Labute approximate surface area is 164 Å². The average molecular weight is 381 g/mol. The Kier molecular flexibility index (Phi) is 5.32. The van der Waals surface area contributed by atoms with Gasteiger partial charge in [0, 0.05) is 50.5 Å². The Morgan fingerprint density at radius 3 is 3.04 bits per heavy atom. The summed E-state index contributed by atoms with van der Waals surface area (Å²) in [5.41, 5.74) is 4.06. The van der Waals surface area contributed by atoms with E-state index in [1.807, 2.05) is 6.07 Å². The summed E-state index contributed by atoms with van der Waals surface area (Å²) in [5.74, 6) is 0.322. The molecule has 1 fully saturated rings. The van der Waals surface area contributed by atoms with Crippen molar-refractivity contribution in [1.82, 2.24) is 10.2 Å². The number of carbonyl (C=O) groups excluding carboxylic acids is 1. The Morgan fingerprint density at radius 1 is 1.29 bits per heavy atom. The normalized spacial score (nSPS) is 19.2. The summed E-state index contributed by atoms with van der Waals surface area (Å²) < 4.78 is 0. The molecule has 4 rings (SSSR count). The summed E-state index contributed by atoms with van der Waals surface area (Å²) in [5, 5.41) is 9.36. The molecule has 2 aromatic rings. The number of aromatic amines is 1. The zero-order chi connectivity index (χ0) is 19.5. The van der Waals surface area contributed by atoms with Gasteiger partial charge in [0.1, 0.15) is 0 Å². The van der Waals surface area contributed by atoms with E-state index in [1.54, 1.807) is 12.3 Å². The van der Waals surface area contributed by atoms with E-state index in [1.165, 1.54) is 17.7 Å². The number of nitrogens with one attached hydrogen (secondary N) is 2.